The smallest absolute Gasteiger partial charge is 0.248 e. The van der Waals surface area contributed by atoms with Crippen molar-refractivity contribution in [3.8, 4) is 11.3 Å². The van der Waals surface area contributed by atoms with E-state index in [0.29, 0.717) is 28.5 Å². The molecule has 0 atom stereocenters. The van der Waals surface area contributed by atoms with Gasteiger partial charge in [0.15, 0.2) is 5.78 Å². The van der Waals surface area contributed by atoms with Crippen LogP contribution in [0.25, 0.3) is 17.4 Å². The number of amides is 2. The molecule has 0 aliphatic heterocycles. The van der Waals surface area contributed by atoms with Crippen molar-refractivity contribution in [2.75, 3.05) is 16.9 Å². The summed E-state index contributed by atoms with van der Waals surface area (Å²) in [6.07, 6.45) is 5.15. The number of rotatable bonds is 10. The first-order valence-electron chi connectivity index (χ1n) is 13.7. The van der Waals surface area contributed by atoms with Gasteiger partial charge in [0.05, 0.1) is 12.1 Å². The first kappa shape index (κ1) is 29.4. The Balaban J connectivity index is 1.31. The van der Waals surface area contributed by atoms with E-state index in [-0.39, 0.29) is 23.7 Å². The van der Waals surface area contributed by atoms with Gasteiger partial charge in [-0.25, -0.2) is 0 Å². The number of ketones is 1. The molecular weight excluding hydrogens is 556 g/mol. The van der Waals surface area contributed by atoms with Crippen LogP contribution >= 0.6 is 11.8 Å². The van der Waals surface area contributed by atoms with Crippen molar-refractivity contribution in [3.63, 3.8) is 0 Å². The van der Waals surface area contributed by atoms with Gasteiger partial charge in [-0.2, -0.15) is 0 Å². The Morgan fingerprint density at radius 2 is 1.56 bits per heavy atom. The molecule has 0 radical (unpaired) electrons. The number of furan rings is 1. The number of nitrogens with one attached hydrogen (secondary N) is 2. The lowest BCUT2D eigenvalue weighted by atomic mass is 10.0. The minimum Gasteiger partial charge on any atom is -0.457 e. The van der Waals surface area contributed by atoms with Crippen LogP contribution in [0.1, 0.15) is 32.8 Å². The van der Waals surface area contributed by atoms with Crippen molar-refractivity contribution in [3.05, 3.63) is 143 Å². The summed E-state index contributed by atoms with van der Waals surface area (Å²) in [7, 11) is 0. The van der Waals surface area contributed by atoms with E-state index in [1.54, 1.807) is 66.4 Å². The van der Waals surface area contributed by atoms with E-state index in [4.69, 9.17) is 4.42 Å². The van der Waals surface area contributed by atoms with Gasteiger partial charge in [0.2, 0.25) is 11.8 Å². The largest absolute Gasteiger partial charge is 0.457 e. The number of aryl methyl sites for hydroxylation is 1. The van der Waals surface area contributed by atoms with Gasteiger partial charge < -0.3 is 15.1 Å². The molecule has 2 amide bonds. The third kappa shape index (κ3) is 7.78. The third-order valence-corrected chi connectivity index (χ3v) is 7.47. The van der Waals surface area contributed by atoms with Gasteiger partial charge in [-0.1, -0.05) is 72.3 Å². The summed E-state index contributed by atoms with van der Waals surface area (Å²) < 4.78 is 5.89. The fraction of sp³-hybridized carbons (Fsp3) is 0.0833. The van der Waals surface area contributed by atoms with Gasteiger partial charge >= 0.3 is 0 Å². The molecule has 5 rings (SSSR count). The summed E-state index contributed by atoms with van der Waals surface area (Å²) in [5.41, 5.74) is 4.45. The van der Waals surface area contributed by atoms with Crippen LogP contribution < -0.4 is 10.6 Å². The summed E-state index contributed by atoms with van der Waals surface area (Å²) in [6.45, 7) is 1.99. The molecule has 2 N–H and O–H groups in total. The van der Waals surface area contributed by atoms with Crippen LogP contribution in [0.2, 0.25) is 0 Å². The molecule has 0 unspecified atom stereocenters. The quantitative estimate of drug-likeness (QED) is 0.0982. The number of hydrogen-bond donors (Lipinski definition) is 2. The monoisotopic (exact) mass is 586 g/mol. The van der Waals surface area contributed by atoms with Crippen LogP contribution in [0.3, 0.4) is 0 Å². The Kier molecular flexibility index (Phi) is 9.34. The Labute approximate surface area is 254 Å². The SMILES string of the molecule is CSc1ccc(-c2ccc(/C=C/C(=O)Nc3ccc(NC(=O)Cc4ccc(C)cc4)c(C(=O)c4ccccc4)c3)o2)cc1. The van der Waals surface area contributed by atoms with Crippen LogP contribution in [0.5, 0.6) is 0 Å². The molecule has 7 heteroatoms. The van der Waals surface area contributed by atoms with E-state index in [9.17, 15) is 14.4 Å². The van der Waals surface area contributed by atoms with Crippen molar-refractivity contribution >= 4 is 46.8 Å². The molecular formula is C36H30N2O4S. The molecule has 0 saturated carbocycles. The molecule has 1 aromatic heterocycles. The highest BCUT2D eigenvalue weighted by atomic mass is 32.2. The average Bonchev–Trinajstić information content (AvgIpc) is 3.51. The maximum atomic E-state index is 13.5. The highest BCUT2D eigenvalue weighted by molar-refractivity contribution is 7.98. The molecule has 4 aromatic carbocycles. The average molecular weight is 587 g/mol. The Morgan fingerprint density at radius 3 is 2.28 bits per heavy atom. The fourth-order valence-electron chi connectivity index (χ4n) is 4.44. The van der Waals surface area contributed by atoms with Gasteiger partial charge in [0.1, 0.15) is 11.5 Å². The molecule has 1 heterocycles. The van der Waals surface area contributed by atoms with E-state index in [0.717, 1.165) is 16.7 Å². The second-order valence-electron chi connectivity index (χ2n) is 9.92. The predicted molar refractivity (Wildman–Crippen MR) is 173 cm³/mol. The van der Waals surface area contributed by atoms with Crippen LogP contribution in [0.4, 0.5) is 11.4 Å². The highest BCUT2D eigenvalue weighted by Crippen LogP contribution is 2.26. The zero-order valence-corrected chi connectivity index (χ0v) is 24.6. The first-order chi connectivity index (χ1) is 20.9. The maximum Gasteiger partial charge on any atom is 0.248 e. The van der Waals surface area contributed by atoms with Gasteiger partial charge in [-0.15, -0.1) is 11.8 Å². The molecule has 0 spiro atoms. The van der Waals surface area contributed by atoms with E-state index in [1.807, 2.05) is 73.8 Å². The van der Waals surface area contributed by atoms with Crippen molar-refractivity contribution in [2.24, 2.45) is 0 Å². The molecule has 0 fully saturated rings. The second kappa shape index (κ2) is 13.7. The van der Waals surface area contributed by atoms with Crippen molar-refractivity contribution in [2.45, 2.75) is 18.2 Å². The van der Waals surface area contributed by atoms with Gasteiger partial charge in [-0.05, 0) is 67.3 Å². The van der Waals surface area contributed by atoms with E-state index < -0.39 is 5.91 Å². The Morgan fingerprint density at radius 1 is 0.814 bits per heavy atom. The van der Waals surface area contributed by atoms with Crippen LogP contribution in [-0.2, 0) is 16.0 Å². The number of hydrogen-bond acceptors (Lipinski definition) is 5. The highest BCUT2D eigenvalue weighted by Gasteiger charge is 2.17. The van der Waals surface area contributed by atoms with Gasteiger partial charge in [0.25, 0.3) is 0 Å². The van der Waals surface area contributed by atoms with Crippen LogP contribution in [0.15, 0.2) is 125 Å². The summed E-state index contributed by atoms with van der Waals surface area (Å²) >= 11 is 1.67. The summed E-state index contributed by atoms with van der Waals surface area (Å²) in [5.74, 6) is 0.328. The number of thioether (sulfide) groups is 1. The maximum absolute atomic E-state index is 13.5. The minimum absolute atomic E-state index is 0.167. The van der Waals surface area contributed by atoms with Gasteiger partial charge in [-0.3, -0.25) is 14.4 Å². The predicted octanol–water partition coefficient (Wildman–Crippen LogP) is 8.04. The Bertz CT molecular complexity index is 1770. The lowest BCUT2D eigenvalue weighted by Crippen LogP contribution is -2.18. The summed E-state index contributed by atoms with van der Waals surface area (Å²) in [4.78, 5) is 40.3. The Hall–Kier alpha value is -5.14. The number of anilines is 2. The van der Waals surface area contributed by atoms with Gasteiger partial charge in [0, 0.05) is 33.3 Å². The molecule has 0 aliphatic rings. The van der Waals surface area contributed by atoms with E-state index in [2.05, 4.69) is 10.6 Å². The standard InChI is InChI=1S/C36H30N2O4S/c1-24-8-10-25(11-9-24)22-35(40)38-32-19-14-28(23-31(32)36(41)27-6-4-3-5-7-27)37-34(39)21-16-29-15-20-33(42-29)26-12-17-30(43-2)18-13-26/h3-21,23H,22H2,1-2H3,(H,37,39)(H,38,40)/b21-16+. The number of carbonyl (C=O) groups is 3. The lowest BCUT2D eigenvalue weighted by Gasteiger charge is -2.13. The summed E-state index contributed by atoms with van der Waals surface area (Å²) in [6, 6.07) is 33.1. The lowest BCUT2D eigenvalue weighted by molar-refractivity contribution is -0.115. The van der Waals surface area contributed by atoms with Crippen LogP contribution in [-0.4, -0.2) is 23.9 Å². The minimum atomic E-state index is -0.392. The molecule has 6 nitrogen and oxygen atoms in total. The molecule has 0 aliphatic carbocycles. The number of carbonyl (C=O) groups excluding carboxylic acids is 3. The molecule has 5 aromatic rings. The fourth-order valence-corrected chi connectivity index (χ4v) is 4.85. The van der Waals surface area contributed by atoms with Crippen molar-refractivity contribution in [1.29, 1.82) is 0 Å². The topological polar surface area (TPSA) is 88.4 Å². The van der Waals surface area contributed by atoms with Crippen LogP contribution in [0, 0.1) is 6.92 Å². The zero-order valence-electron chi connectivity index (χ0n) is 23.8. The molecule has 0 bridgehead atoms. The second-order valence-corrected chi connectivity index (χ2v) is 10.8. The van der Waals surface area contributed by atoms with Crippen molar-refractivity contribution < 1.29 is 18.8 Å². The molecule has 0 saturated heterocycles. The van der Waals surface area contributed by atoms with E-state index in [1.165, 1.54) is 11.0 Å². The normalized spacial score (nSPS) is 10.9. The molecule has 214 valence electrons. The number of benzene rings is 4. The first-order valence-corrected chi connectivity index (χ1v) is 14.9. The molecule has 43 heavy (non-hydrogen) atoms. The van der Waals surface area contributed by atoms with Crippen molar-refractivity contribution in [1.82, 2.24) is 0 Å². The zero-order chi connectivity index (χ0) is 30.2. The third-order valence-electron chi connectivity index (χ3n) is 6.73. The van der Waals surface area contributed by atoms with E-state index >= 15 is 0 Å². The summed E-state index contributed by atoms with van der Waals surface area (Å²) in [5, 5.41) is 5.67.